The molecule has 0 saturated carbocycles. The Morgan fingerprint density at radius 2 is 1.84 bits per heavy atom. The SMILES string of the molecule is COc1cccc(OC)c1CNC(=Nc1ccccn1)NOC(C)=O. The lowest BCUT2D eigenvalue weighted by Gasteiger charge is -2.15. The molecular weight excluding hydrogens is 324 g/mol. The monoisotopic (exact) mass is 344 g/mol. The van der Waals surface area contributed by atoms with Crippen molar-refractivity contribution >= 4 is 17.7 Å². The van der Waals surface area contributed by atoms with Crippen LogP contribution in [-0.2, 0) is 16.2 Å². The van der Waals surface area contributed by atoms with Crippen LogP contribution in [0.15, 0.2) is 47.6 Å². The van der Waals surface area contributed by atoms with Crippen LogP contribution in [0.5, 0.6) is 11.5 Å². The maximum Gasteiger partial charge on any atom is 0.329 e. The summed E-state index contributed by atoms with van der Waals surface area (Å²) in [6.07, 6.45) is 1.62. The molecule has 0 fully saturated rings. The number of nitrogens with one attached hydrogen (secondary N) is 2. The minimum atomic E-state index is -0.495. The number of carbonyl (C=O) groups excluding carboxylic acids is 1. The Morgan fingerprint density at radius 1 is 1.12 bits per heavy atom. The largest absolute Gasteiger partial charge is 0.496 e. The number of aromatic nitrogens is 1. The average molecular weight is 344 g/mol. The molecule has 0 saturated heterocycles. The van der Waals surface area contributed by atoms with Crippen LogP contribution in [0.25, 0.3) is 0 Å². The van der Waals surface area contributed by atoms with Gasteiger partial charge in [0, 0.05) is 13.1 Å². The van der Waals surface area contributed by atoms with Crippen LogP contribution in [0.3, 0.4) is 0 Å². The Balaban J connectivity index is 2.20. The summed E-state index contributed by atoms with van der Waals surface area (Å²) in [5.41, 5.74) is 3.28. The molecule has 0 aliphatic heterocycles. The molecule has 8 heteroatoms. The molecule has 2 N–H and O–H groups in total. The summed E-state index contributed by atoms with van der Waals surface area (Å²) in [6.45, 7) is 1.61. The minimum Gasteiger partial charge on any atom is -0.496 e. The number of hydrogen-bond acceptors (Lipinski definition) is 6. The van der Waals surface area contributed by atoms with Gasteiger partial charge in [0.25, 0.3) is 0 Å². The maximum atomic E-state index is 11.1. The third-order valence-corrected chi connectivity index (χ3v) is 3.13. The molecular formula is C17H20N4O4. The first-order valence-corrected chi connectivity index (χ1v) is 7.51. The van der Waals surface area contributed by atoms with Gasteiger partial charge in [-0.05, 0) is 24.3 Å². The molecule has 0 aliphatic rings. The van der Waals surface area contributed by atoms with E-state index in [9.17, 15) is 4.79 Å². The van der Waals surface area contributed by atoms with Gasteiger partial charge in [-0.1, -0.05) is 12.1 Å². The number of methoxy groups -OCH3 is 2. The van der Waals surface area contributed by atoms with Crippen molar-refractivity contribution in [3.8, 4) is 11.5 Å². The Labute approximate surface area is 145 Å². The van der Waals surface area contributed by atoms with Gasteiger partial charge in [-0.2, -0.15) is 10.5 Å². The first-order valence-electron chi connectivity index (χ1n) is 7.51. The van der Waals surface area contributed by atoms with Gasteiger partial charge in [0.15, 0.2) is 5.82 Å². The molecule has 0 radical (unpaired) electrons. The zero-order valence-electron chi connectivity index (χ0n) is 14.3. The number of pyridine rings is 1. The predicted octanol–water partition coefficient (Wildman–Crippen LogP) is 1.94. The van der Waals surface area contributed by atoms with Gasteiger partial charge in [0.2, 0.25) is 5.96 Å². The van der Waals surface area contributed by atoms with Crippen molar-refractivity contribution in [1.29, 1.82) is 0 Å². The Hall–Kier alpha value is -3.29. The summed E-state index contributed by atoms with van der Waals surface area (Å²) in [5, 5.41) is 3.05. The van der Waals surface area contributed by atoms with E-state index >= 15 is 0 Å². The van der Waals surface area contributed by atoms with Crippen LogP contribution in [-0.4, -0.2) is 31.1 Å². The van der Waals surface area contributed by atoms with E-state index in [-0.39, 0.29) is 5.96 Å². The highest BCUT2D eigenvalue weighted by Gasteiger charge is 2.11. The summed E-state index contributed by atoms with van der Waals surface area (Å²) in [4.78, 5) is 24.2. The normalized spacial score (nSPS) is 10.8. The molecule has 0 aliphatic carbocycles. The van der Waals surface area contributed by atoms with Crippen molar-refractivity contribution in [2.75, 3.05) is 14.2 Å². The third kappa shape index (κ3) is 5.38. The quantitative estimate of drug-likeness (QED) is 0.486. The number of hydrogen-bond donors (Lipinski definition) is 2. The number of carbonyl (C=O) groups is 1. The number of aliphatic imine (C=N–C) groups is 1. The van der Waals surface area contributed by atoms with Crippen molar-refractivity contribution in [3.63, 3.8) is 0 Å². The topological polar surface area (TPSA) is 94.1 Å². The van der Waals surface area contributed by atoms with Crippen molar-refractivity contribution in [1.82, 2.24) is 15.8 Å². The van der Waals surface area contributed by atoms with E-state index in [1.807, 2.05) is 18.2 Å². The smallest absolute Gasteiger partial charge is 0.329 e. The number of hydroxylamine groups is 1. The van der Waals surface area contributed by atoms with Crippen LogP contribution in [0.1, 0.15) is 12.5 Å². The van der Waals surface area contributed by atoms with Crippen LogP contribution < -0.4 is 20.3 Å². The van der Waals surface area contributed by atoms with E-state index in [1.165, 1.54) is 6.92 Å². The number of benzene rings is 1. The molecule has 25 heavy (non-hydrogen) atoms. The summed E-state index contributed by atoms with van der Waals surface area (Å²) in [5.74, 6) is 1.51. The maximum absolute atomic E-state index is 11.1. The fourth-order valence-corrected chi connectivity index (χ4v) is 2.03. The highest BCUT2D eigenvalue weighted by atomic mass is 16.7. The zero-order valence-corrected chi connectivity index (χ0v) is 14.3. The van der Waals surface area contributed by atoms with Gasteiger partial charge in [-0.25, -0.2) is 4.98 Å². The van der Waals surface area contributed by atoms with Crippen molar-refractivity contribution < 1.29 is 19.1 Å². The van der Waals surface area contributed by atoms with Gasteiger partial charge in [0.1, 0.15) is 11.5 Å². The van der Waals surface area contributed by atoms with E-state index in [2.05, 4.69) is 20.8 Å². The zero-order chi connectivity index (χ0) is 18.1. The van der Waals surface area contributed by atoms with Crippen LogP contribution >= 0.6 is 0 Å². The molecule has 1 heterocycles. The molecule has 2 rings (SSSR count). The standard InChI is InChI=1S/C17H20N4O4/c1-12(22)25-21-17(20-16-9-4-5-10-18-16)19-11-13-14(23-2)7-6-8-15(13)24-3/h4-10H,11H2,1-3H3,(H2,18,19,20,21). The van der Waals surface area contributed by atoms with Gasteiger partial charge in [-0.15, -0.1) is 0 Å². The van der Waals surface area contributed by atoms with E-state index in [0.29, 0.717) is 23.9 Å². The lowest BCUT2D eigenvalue weighted by Crippen LogP contribution is -2.37. The van der Waals surface area contributed by atoms with Crippen molar-refractivity contribution in [2.24, 2.45) is 4.99 Å². The molecule has 0 atom stereocenters. The lowest BCUT2D eigenvalue weighted by atomic mass is 10.1. The highest BCUT2D eigenvalue weighted by Crippen LogP contribution is 2.27. The molecule has 1 aromatic carbocycles. The van der Waals surface area contributed by atoms with E-state index < -0.39 is 5.97 Å². The van der Waals surface area contributed by atoms with Gasteiger partial charge in [-0.3, -0.25) is 4.79 Å². The van der Waals surface area contributed by atoms with E-state index in [1.54, 1.807) is 38.6 Å². The number of rotatable bonds is 5. The second-order valence-corrected chi connectivity index (χ2v) is 4.84. The molecule has 0 unspecified atom stereocenters. The minimum absolute atomic E-state index is 0.224. The molecule has 0 amide bonds. The van der Waals surface area contributed by atoms with Crippen molar-refractivity contribution in [3.05, 3.63) is 48.2 Å². The Bertz CT molecular complexity index is 712. The number of ether oxygens (including phenoxy) is 2. The molecule has 0 bridgehead atoms. The predicted molar refractivity (Wildman–Crippen MR) is 92.6 cm³/mol. The third-order valence-electron chi connectivity index (χ3n) is 3.13. The van der Waals surface area contributed by atoms with Crippen LogP contribution in [0.4, 0.5) is 5.82 Å². The van der Waals surface area contributed by atoms with Gasteiger partial charge < -0.3 is 19.6 Å². The average Bonchev–Trinajstić information content (AvgIpc) is 2.64. The highest BCUT2D eigenvalue weighted by molar-refractivity contribution is 5.82. The van der Waals surface area contributed by atoms with E-state index in [0.717, 1.165) is 5.56 Å². The molecule has 2 aromatic rings. The fraction of sp³-hybridized carbons (Fsp3) is 0.235. The molecule has 0 spiro atoms. The Morgan fingerprint density at radius 3 is 2.40 bits per heavy atom. The second kappa shape index (κ2) is 9.11. The lowest BCUT2D eigenvalue weighted by molar-refractivity contribution is -0.145. The van der Waals surface area contributed by atoms with E-state index in [4.69, 9.17) is 14.3 Å². The number of guanidine groups is 1. The van der Waals surface area contributed by atoms with Crippen LogP contribution in [0.2, 0.25) is 0 Å². The van der Waals surface area contributed by atoms with Crippen LogP contribution in [0, 0.1) is 0 Å². The summed E-state index contributed by atoms with van der Waals surface area (Å²) in [7, 11) is 3.16. The molecule has 8 nitrogen and oxygen atoms in total. The first-order chi connectivity index (χ1) is 12.1. The van der Waals surface area contributed by atoms with Crippen molar-refractivity contribution in [2.45, 2.75) is 13.5 Å². The first kappa shape index (κ1) is 18.1. The number of nitrogens with zero attached hydrogens (tertiary/aromatic N) is 2. The summed E-state index contributed by atoms with van der Waals surface area (Å²) < 4.78 is 10.7. The molecule has 1 aromatic heterocycles. The summed E-state index contributed by atoms with van der Waals surface area (Å²) in [6, 6.07) is 10.8. The molecule has 132 valence electrons. The second-order valence-electron chi connectivity index (χ2n) is 4.84. The fourth-order valence-electron chi connectivity index (χ4n) is 2.03. The van der Waals surface area contributed by atoms with Gasteiger partial charge >= 0.3 is 5.97 Å². The van der Waals surface area contributed by atoms with Gasteiger partial charge in [0.05, 0.1) is 26.3 Å². The Kier molecular flexibility index (Phi) is 6.58. The summed E-state index contributed by atoms with van der Waals surface area (Å²) >= 11 is 0.